The van der Waals surface area contributed by atoms with Crippen LogP contribution in [0.1, 0.15) is 44.0 Å². The summed E-state index contributed by atoms with van der Waals surface area (Å²) >= 11 is 0. The highest BCUT2D eigenvalue weighted by molar-refractivity contribution is 5.69. The molecule has 2 aliphatic rings. The molecule has 0 saturated carbocycles. The first-order valence-corrected chi connectivity index (χ1v) is 12.1. The number of rotatable bonds is 6. The Morgan fingerprint density at radius 3 is 2.58 bits per heavy atom. The fourth-order valence-corrected chi connectivity index (χ4v) is 4.36. The Hall–Kier alpha value is -3.22. The van der Waals surface area contributed by atoms with E-state index in [1.54, 1.807) is 11.0 Å². The van der Waals surface area contributed by atoms with Crippen molar-refractivity contribution >= 4 is 11.8 Å². The lowest BCUT2D eigenvalue weighted by atomic mass is 9.81. The summed E-state index contributed by atoms with van der Waals surface area (Å²) in [7, 11) is 0. The highest BCUT2D eigenvalue weighted by Gasteiger charge is 2.49. The molecule has 3 heterocycles. The van der Waals surface area contributed by atoms with Crippen LogP contribution in [-0.2, 0) is 20.8 Å². The van der Waals surface area contributed by atoms with Gasteiger partial charge in [0.05, 0.1) is 24.2 Å². The number of carbonyl (C=O) groups excluding carboxylic acids is 1. The van der Waals surface area contributed by atoms with E-state index in [1.807, 2.05) is 57.0 Å². The van der Waals surface area contributed by atoms with Gasteiger partial charge in [-0.25, -0.2) is 9.18 Å². The number of ether oxygens (including phenoxy) is 3. The number of aromatic nitrogens is 1. The molecule has 0 bridgehead atoms. The van der Waals surface area contributed by atoms with Crippen LogP contribution in [0, 0.1) is 29.5 Å². The summed E-state index contributed by atoms with van der Waals surface area (Å²) in [5.74, 6) is -0.548. The van der Waals surface area contributed by atoms with E-state index in [1.165, 1.54) is 12.1 Å². The monoisotopic (exact) mass is 496 g/mol. The Morgan fingerprint density at radius 1 is 1.28 bits per heavy atom. The fraction of sp³-hybridized carbons (Fsp3) is 0.519. The summed E-state index contributed by atoms with van der Waals surface area (Å²) in [4.78, 5) is 20.3. The normalized spacial score (nSPS) is 17.4. The number of hydrogen-bond acceptors (Lipinski definition) is 7. The van der Waals surface area contributed by atoms with Gasteiger partial charge in [0, 0.05) is 50.2 Å². The maximum Gasteiger partial charge on any atom is 0.410 e. The predicted octanol–water partition coefficient (Wildman–Crippen LogP) is 4.41. The Labute approximate surface area is 211 Å². The molecule has 0 atom stereocenters. The standard InChI is InChI=1S/C27H33FN4O4/c1-19-5-6-20(13-30-19)14-31(22-8-7-21(12-29)23(28)11-22)10-9-24-34-17-27(18-35-24)15-32(16-27)25(33)36-26(2,3)4/h5-8,11,13,24H,9-10,14-18H2,1-4H3. The molecule has 8 nitrogen and oxygen atoms in total. The number of amides is 1. The number of pyridine rings is 1. The van der Waals surface area contributed by atoms with Gasteiger partial charge >= 0.3 is 6.09 Å². The van der Waals surface area contributed by atoms with Crippen molar-refractivity contribution in [3.8, 4) is 6.07 Å². The zero-order chi connectivity index (χ0) is 25.9. The van der Waals surface area contributed by atoms with E-state index in [-0.39, 0.29) is 17.1 Å². The average molecular weight is 497 g/mol. The summed E-state index contributed by atoms with van der Waals surface area (Å²) in [6.45, 7) is 10.7. The number of nitriles is 1. The van der Waals surface area contributed by atoms with Crippen LogP contribution in [0.15, 0.2) is 36.5 Å². The van der Waals surface area contributed by atoms with Gasteiger partial charge in [-0.2, -0.15) is 5.26 Å². The second-order valence-electron chi connectivity index (χ2n) is 10.7. The van der Waals surface area contributed by atoms with Gasteiger partial charge < -0.3 is 24.0 Å². The lowest BCUT2D eigenvalue weighted by molar-refractivity contribution is -0.254. The van der Waals surface area contributed by atoms with Crippen LogP contribution >= 0.6 is 0 Å². The smallest absolute Gasteiger partial charge is 0.410 e. The van der Waals surface area contributed by atoms with Crippen molar-refractivity contribution in [1.29, 1.82) is 5.26 Å². The average Bonchev–Trinajstić information content (AvgIpc) is 2.80. The highest BCUT2D eigenvalue weighted by atomic mass is 19.1. The van der Waals surface area contributed by atoms with Crippen LogP contribution in [0.4, 0.5) is 14.9 Å². The zero-order valence-electron chi connectivity index (χ0n) is 21.3. The van der Waals surface area contributed by atoms with Gasteiger partial charge in [0.2, 0.25) is 0 Å². The third kappa shape index (κ3) is 6.31. The molecule has 4 rings (SSSR count). The number of aryl methyl sites for hydroxylation is 1. The molecule has 2 aliphatic heterocycles. The van der Waals surface area contributed by atoms with Gasteiger partial charge in [0.15, 0.2) is 6.29 Å². The number of anilines is 1. The summed E-state index contributed by atoms with van der Waals surface area (Å²) < 4.78 is 31.8. The minimum absolute atomic E-state index is 0.0147. The number of likely N-dealkylation sites (tertiary alicyclic amines) is 1. The van der Waals surface area contributed by atoms with Crippen molar-refractivity contribution in [3.05, 3.63) is 59.2 Å². The second-order valence-corrected chi connectivity index (χ2v) is 10.7. The minimum Gasteiger partial charge on any atom is -0.444 e. The molecule has 2 fully saturated rings. The minimum atomic E-state index is -0.548. The van der Waals surface area contributed by atoms with Crippen LogP contribution < -0.4 is 4.90 Å². The first-order valence-electron chi connectivity index (χ1n) is 12.1. The summed E-state index contributed by atoms with van der Waals surface area (Å²) in [6, 6.07) is 10.4. The van der Waals surface area contributed by atoms with Gasteiger partial charge in [0.1, 0.15) is 17.5 Å². The quantitative estimate of drug-likeness (QED) is 0.585. The van der Waals surface area contributed by atoms with Crippen LogP contribution in [-0.4, -0.2) is 60.7 Å². The molecule has 1 aromatic heterocycles. The van der Waals surface area contributed by atoms with Crippen LogP contribution in [0.5, 0.6) is 0 Å². The largest absolute Gasteiger partial charge is 0.444 e. The molecule has 0 unspecified atom stereocenters. The fourth-order valence-electron chi connectivity index (χ4n) is 4.36. The van der Waals surface area contributed by atoms with Crippen molar-refractivity contribution in [2.24, 2.45) is 5.41 Å². The van der Waals surface area contributed by atoms with E-state index >= 15 is 0 Å². The van der Waals surface area contributed by atoms with Crippen molar-refractivity contribution < 1.29 is 23.4 Å². The van der Waals surface area contributed by atoms with Gasteiger partial charge in [-0.05, 0) is 57.5 Å². The van der Waals surface area contributed by atoms with E-state index in [2.05, 4.69) is 4.98 Å². The molecule has 36 heavy (non-hydrogen) atoms. The van der Waals surface area contributed by atoms with Crippen molar-refractivity contribution in [1.82, 2.24) is 9.88 Å². The molecule has 2 aromatic rings. The van der Waals surface area contributed by atoms with Gasteiger partial charge in [0.25, 0.3) is 0 Å². The molecule has 192 valence electrons. The second kappa shape index (κ2) is 10.4. The maximum absolute atomic E-state index is 14.4. The number of nitrogens with zero attached hydrogens (tertiary/aromatic N) is 4. The SMILES string of the molecule is Cc1ccc(CN(CCC2OCC3(CO2)CN(C(=O)OC(C)(C)C)C3)c2ccc(C#N)c(F)c2)cn1. The third-order valence-electron chi connectivity index (χ3n) is 6.27. The molecule has 0 N–H and O–H groups in total. The Kier molecular flexibility index (Phi) is 7.48. The van der Waals surface area contributed by atoms with Crippen LogP contribution in [0.3, 0.4) is 0 Å². The molecular formula is C27H33FN4O4. The van der Waals surface area contributed by atoms with E-state index in [9.17, 15) is 9.18 Å². The molecule has 0 aliphatic carbocycles. The van der Waals surface area contributed by atoms with Crippen molar-refractivity contribution in [2.75, 3.05) is 37.7 Å². The maximum atomic E-state index is 14.4. The number of benzene rings is 1. The van der Waals surface area contributed by atoms with E-state index in [0.717, 1.165) is 11.3 Å². The third-order valence-corrected chi connectivity index (χ3v) is 6.27. The first-order chi connectivity index (χ1) is 17.1. The molecule has 1 aromatic carbocycles. The molecule has 2 saturated heterocycles. The van der Waals surface area contributed by atoms with Crippen LogP contribution in [0.25, 0.3) is 0 Å². The van der Waals surface area contributed by atoms with E-state index in [0.29, 0.717) is 51.5 Å². The highest BCUT2D eigenvalue weighted by Crippen LogP contribution is 2.36. The van der Waals surface area contributed by atoms with Gasteiger partial charge in [-0.15, -0.1) is 0 Å². The lowest BCUT2D eigenvalue weighted by Gasteiger charge is -2.52. The molecule has 1 amide bonds. The van der Waals surface area contributed by atoms with Crippen molar-refractivity contribution in [3.63, 3.8) is 0 Å². The number of halogens is 1. The summed E-state index contributed by atoms with van der Waals surface area (Å²) in [6.07, 6.45) is 1.68. The topological polar surface area (TPSA) is 87.9 Å². The van der Waals surface area contributed by atoms with Crippen LogP contribution in [0.2, 0.25) is 0 Å². The van der Waals surface area contributed by atoms with Gasteiger partial charge in [-0.3, -0.25) is 4.98 Å². The molecular weight excluding hydrogens is 463 g/mol. The zero-order valence-corrected chi connectivity index (χ0v) is 21.3. The Bertz CT molecular complexity index is 1110. The molecule has 0 radical (unpaired) electrons. The molecule has 9 heteroatoms. The van der Waals surface area contributed by atoms with Crippen molar-refractivity contribution in [2.45, 2.75) is 52.6 Å². The first kappa shape index (κ1) is 25.9. The van der Waals surface area contributed by atoms with E-state index in [4.69, 9.17) is 19.5 Å². The summed E-state index contributed by atoms with van der Waals surface area (Å²) in [5, 5.41) is 9.07. The number of hydrogen-bond donors (Lipinski definition) is 0. The Balaban J connectivity index is 1.34. The summed E-state index contributed by atoms with van der Waals surface area (Å²) in [5.41, 5.74) is 1.88. The predicted molar refractivity (Wildman–Crippen MR) is 132 cm³/mol. The van der Waals surface area contributed by atoms with E-state index < -0.39 is 17.7 Å². The lowest BCUT2D eigenvalue weighted by Crippen LogP contribution is -2.65. The number of carbonyl (C=O) groups is 1. The molecule has 1 spiro atoms. The van der Waals surface area contributed by atoms with Gasteiger partial charge in [-0.1, -0.05) is 6.07 Å². The Morgan fingerprint density at radius 2 is 2.00 bits per heavy atom.